The first-order valence-corrected chi connectivity index (χ1v) is 7.28. The van der Waals surface area contributed by atoms with Crippen LogP contribution in [0.5, 0.6) is 0 Å². The van der Waals surface area contributed by atoms with Gasteiger partial charge < -0.3 is 19.3 Å². The van der Waals surface area contributed by atoms with E-state index in [1.165, 1.54) is 7.11 Å². The zero-order valence-electron chi connectivity index (χ0n) is 11.6. The van der Waals surface area contributed by atoms with Crippen LogP contribution in [-0.4, -0.2) is 51.9 Å². The molecule has 0 heterocycles. The van der Waals surface area contributed by atoms with Crippen molar-refractivity contribution in [1.82, 2.24) is 0 Å². The van der Waals surface area contributed by atoms with Crippen LogP contribution < -0.4 is 0 Å². The molecular formula is C13H17B2O4P. The highest BCUT2D eigenvalue weighted by Gasteiger charge is 2.24. The number of hydrogen-bond donors (Lipinski definition) is 2. The molecule has 0 spiro atoms. The molecule has 0 aliphatic heterocycles. The number of benzene rings is 1. The number of hydrogen-bond acceptors (Lipinski definition) is 4. The van der Waals surface area contributed by atoms with Crippen molar-refractivity contribution in [2.75, 3.05) is 14.2 Å². The van der Waals surface area contributed by atoms with Crippen molar-refractivity contribution in [3.05, 3.63) is 46.6 Å². The van der Waals surface area contributed by atoms with Crippen LogP contribution in [0.1, 0.15) is 5.56 Å². The van der Waals surface area contributed by atoms with E-state index >= 15 is 0 Å². The minimum absolute atomic E-state index is 0.0893. The quantitative estimate of drug-likeness (QED) is 0.582. The maximum atomic E-state index is 9.14. The van der Waals surface area contributed by atoms with Crippen molar-refractivity contribution < 1.29 is 19.3 Å². The lowest BCUT2D eigenvalue weighted by Crippen LogP contribution is -2.34. The number of rotatable bonds is 7. The predicted molar refractivity (Wildman–Crippen MR) is 81.6 cm³/mol. The molecule has 2 atom stereocenters. The molecule has 0 aliphatic carbocycles. The van der Waals surface area contributed by atoms with Crippen LogP contribution >= 0.6 is 8.38 Å². The highest BCUT2D eigenvalue weighted by atomic mass is 31.2. The van der Waals surface area contributed by atoms with Gasteiger partial charge in [-0.1, -0.05) is 41.0 Å². The Labute approximate surface area is 123 Å². The Morgan fingerprint density at radius 1 is 1.15 bits per heavy atom. The van der Waals surface area contributed by atoms with E-state index in [0.29, 0.717) is 6.42 Å². The third-order valence-electron chi connectivity index (χ3n) is 2.99. The topological polar surface area (TPSA) is 58.9 Å². The second-order valence-corrected chi connectivity index (χ2v) is 5.31. The second-order valence-electron chi connectivity index (χ2n) is 4.25. The van der Waals surface area contributed by atoms with E-state index in [-0.39, 0.29) is 16.8 Å². The van der Waals surface area contributed by atoms with E-state index in [1.54, 1.807) is 7.11 Å². The molecule has 1 aromatic rings. The molecule has 0 saturated carbocycles. The third kappa shape index (κ3) is 4.72. The van der Waals surface area contributed by atoms with Crippen LogP contribution in [0.25, 0.3) is 0 Å². The molecule has 0 fully saturated rings. The second kappa shape index (κ2) is 8.60. The maximum Gasteiger partial charge on any atom is 0.183 e. The van der Waals surface area contributed by atoms with Crippen LogP contribution in [-0.2, 0) is 15.9 Å². The summed E-state index contributed by atoms with van der Waals surface area (Å²) < 4.78 is 10.7. The van der Waals surface area contributed by atoms with Gasteiger partial charge in [0.25, 0.3) is 0 Å². The Kier molecular flexibility index (Phi) is 7.49. The highest BCUT2D eigenvalue weighted by Crippen LogP contribution is 2.35. The van der Waals surface area contributed by atoms with Gasteiger partial charge in [0.1, 0.15) is 15.7 Å². The molecule has 0 aromatic heterocycles. The first-order valence-electron chi connectivity index (χ1n) is 6.03. The first kappa shape index (κ1) is 17.4. The summed E-state index contributed by atoms with van der Waals surface area (Å²) in [5.41, 5.74) is 1.15. The predicted octanol–water partition coefficient (Wildman–Crippen LogP) is 1.06. The van der Waals surface area contributed by atoms with Gasteiger partial charge in [-0.15, -0.1) is 0 Å². The number of ether oxygens (including phenoxy) is 2. The fourth-order valence-corrected chi connectivity index (χ4v) is 2.26. The maximum absolute atomic E-state index is 9.14. The Bertz CT molecular complexity index is 439. The molecule has 1 unspecified atom stereocenters. The average molecular weight is 290 g/mol. The summed E-state index contributed by atoms with van der Waals surface area (Å²) in [5, 5.41) is -0.165. The SMILES string of the molecule is [B]/C(=C(/[B])P(O)O)C(OC)[C@H](Cc1ccccc1)OC. The minimum atomic E-state index is -2.43. The molecule has 2 N–H and O–H groups in total. The van der Waals surface area contributed by atoms with E-state index < -0.39 is 14.5 Å². The molecule has 4 nitrogen and oxygen atoms in total. The van der Waals surface area contributed by atoms with Gasteiger partial charge in [-0.2, -0.15) is 0 Å². The summed E-state index contributed by atoms with van der Waals surface area (Å²) in [6.45, 7) is 0. The van der Waals surface area contributed by atoms with Crippen molar-refractivity contribution in [1.29, 1.82) is 0 Å². The zero-order chi connectivity index (χ0) is 15.1. The molecular weight excluding hydrogens is 273 g/mol. The van der Waals surface area contributed by atoms with Gasteiger partial charge in [0.2, 0.25) is 0 Å². The lowest BCUT2D eigenvalue weighted by Gasteiger charge is -2.28. The van der Waals surface area contributed by atoms with Gasteiger partial charge in [-0.05, 0) is 5.56 Å². The zero-order valence-corrected chi connectivity index (χ0v) is 12.5. The van der Waals surface area contributed by atoms with Crippen LogP contribution in [0.15, 0.2) is 41.0 Å². The fraction of sp³-hybridized carbons (Fsp3) is 0.385. The largest absolute Gasteiger partial charge is 0.378 e. The van der Waals surface area contributed by atoms with Crippen LogP contribution in [0.4, 0.5) is 0 Å². The van der Waals surface area contributed by atoms with Crippen molar-refractivity contribution in [2.24, 2.45) is 0 Å². The molecule has 0 bridgehead atoms. The lowest BCUT2D eigenvalue weighted by molar-refractivity contribution is -0.0130. The fourth-order valence-electron chi connectivity index (χ4n) is 1.90. The van der Waals surface area contributed by atoms with Crippen molar-refractivity contribution in [2.45, 2.75) is 18.6 Å². The lowest BCUT2D eigenvalue weighted by atomic mass is 9.81. The van der Waals surface area contributed by atoms with Crippen LogP contribution in [0, 0.1) is 0 Å². The Morgan fingerprint density at radius 2 is 1.75 bits per heavy atom. The standard InChI is InChI=1S/C13H17B2O4P/c1-18-10(8-9-6-4-3-5-7-9)12(19-2)11(14)13(15)20(16)17/h3-7,10,12,16-17H,8H2,1-2H3/b13-11-/t10-,12?/m0/s1. The molecule has 7 heteroatoms. The smallest absolute Gasteiger partial charge is 0.183 e. The Morgan fingerprint density at radius 3 is 2.20 bits per heavy atom. The summed E-state index contributed by atoms with van der Waals surface area (Å²) in [5.74, 6) is 0. The van der Waals surface area contributed by atoms with Crippen molar-refractivity contribution in [3.63, 3.8) is 0 Å². The van der Waals surface area contributed by atoms with Crippen molar-refractivity contribution >= 4 is 24.1 Å². The molecule has 0 amide bonds. The molecule has 104 valence electrons. The third-order valence-corrected chi connectivity index (χ3v) is 3.68. The van der Waals surface area contributed by atoms with Crippen LogP contribution in [0.3, 0.4) is 0 Å². The molecule has 0 saturated heterocycles. The van der Waals surface area contributed by atoms with Crippen molar-refractivity contribution in [3.8, 4) is 0 Å². The normalized spacial score (nSPS) is 15.8. The van der Waals surface area contributed by atoms with E-state index in [0.717, 1.165) is 5.56 Å². The minimum Gasteiger partial charge on any atom is -0.378 e. The summed E-state index contributed by atoms with van der Waals surface area (Å²) in [6.07, 6.45) is -0.459. The van der Waals surface area contributed by atoms with Gasteiger partial charge in [0, 0.05) is 20.6 Å². The molecule has 4 radical (unpaired) electrons. The van der Waals surface area contributed by atoms with Gasteiger partial charge in [0.15, 0.2) is 8.38 Å². The Balaban J connectivity index is 2.93. The summed E-state index contributed by atoms with van der Waals surface area (Å²) >= 11 is 0. The number of methoxy groups -OCH3 is 2. The van der Waals surface area contributed by atoms with Gasteiger partial charge in [0.05, 0.1) is 12.2 Å². The first-order chi connectivity index (χ1) is 9.51. The van der Waals surface area contributed by atoms with Gasteiger partial charge in [-0.25, -0.2) is 0 Å². The monoisotopic (exact) mass is 290 g/mol. The summed E-state index contributed by atoms with van der Waals surface area (Å²) in [7, 11) is 12.0. The van der Waals surface area contributed by atoms with E-state index in [1.807, 2.05) is 30.3 Å². The van der Waals surface area contributed by atoms with Gasteiger partial charge in [-0.3, -0.25) is 0 Å². The highest BCUT2D eigenvalue weighted by molar-refractivity contribution is 7.52. The average Bonchev–Trinajstić information content (AvgIpc) is 2.46. The molecule has 0 aliphatic rings. The van der Waals surface area contributed by atoms with E-state index in [4.69, 9.17) is 35.0 Å². The van der Waals surface area contributed by atoms with Crippen LogP contribution in [0.2, 0.25) is 0 Å². The van der Waals surface area contributed by atoms with E-state index in [9.17, 15) is 0 Å². The molecule has 1 aromatic carbocycles. The van der Waals surface area contributed by atoms with E-state index in [2.05, 4.69) is 0 Å². The Hall–Kier alpha value is -0.640. The van der Waals surface area contributed by atoms with Gasteiger partial charge >= 0.3 is 0 Å². The molecule has 1 rings (SSSR count). The summed E-state index contributed by atoms with van der Waals surface area (Å²) in [6, 6.07) is 9.71. The molecule has 20 heavy (non-hydrogen) atoms. The summed E-state index contributed by atoms with van der Waals surface area (Å²) in [4.78, 5) is 18.3.